The summed E-state index contributed by atoms with van der Waals surface area (Å²) in [6.07, 6.45) is 2.62. The third-order valence-electron chi connectivity index (χ3n) is 2.46. The first kappa shape index (κ1) is 13.6. The Hall–Kier alpha value is -1.51. The normalized spacial score (nSPS) is 10.0. The van der Waals surface area contributed by atoms with E-state index in [9.17, 15) is 4.79 Å². The quantitative estimate of drug-likeness (QED) is 0.701. The van der Waals surface area contributed by atoms with Gasteiger partial charge in [0.1, 0.15) is 0 Å². The number of carbonyl (C=O) groups excluding carboxylic acids is 1. The van der Waals surface area contributed by atoms with Crippen LogP contribution in [0, 0.1) is 0 Å². The van der Waals surface area contributed by atoms with Gasteiger partial charge in [0.25, 0.3) is 0 Å². The Morgan fingerprint density at radius 3 is 2.47 bits per heavy atom. The van der Waals surface area contributed by atoms with Crippen molar-refractivity contribution in [2.45, 2.75) is 33.1 Å². The van der Waals surface area contributed by atoms with Crippen LogP contribution in [0.1, 0.15) is 33.1 Å². The topological polar surface area (TPSA) is 29.5 Å². The molecule has 1 rings (SSSR count). The summed E-state index contributed by atoms with van der Waals surface area (Å²) in [5.41, 5.74) is 0.899. The third kappa shape index (κ3) is 4.47. The van der Waals surface area contributed by atoms with E-state index in [-0.39, 0.29) is 6.09 Å². The van der Waals surface area contributed by atoms with Gasteiger partial charge in [-0.3, -0.25) is 4.90 Å². The van der Waals surface area contributed by atoms with Crippen molar-refractivity contribution in [3.8, 4) is 0 Å². The molecule has 17 heavy (non-hydrogen) atoms. The number of carbonyl (C=O) groups is 1. The van der Waals surface area contributed by atoms with Crippen molar-refractivity contribution in [1.29, 1.82) is 0 Å². The smallest absolute Gasteiger partial charge is 0.414 e. The fraction of sp³-hybridized carbons (Fsp3) is 0.500. The maximum absolute atomic E-state index is 11.9. The van der Waals surface area contributed by atoms with E-state index >= 15 is 0 Å². The molecule has 94 valence electrons. The van der Waals surface area contributed by atoms with E-state index in [0.29, 0.717) is 13.2 Å². The van der Waals surface area contributed by atoms with Crippen LogP contribution >= 0.6 is 0 Å². The number of anilines is 1. The van der Waals surface area contributed by atoms with Crippen molar-refractivity contribution in [2.24, 2.45) is 0 Å². The summed E-state index contributed by atoms with van der Waals surface area (Å²) in [5.74, 6) is 0. The molecule has 0 bridgehead atoms. The van der Waals surface area contributed by atoms with Crippen LogP contribution in [0.4, 0.5) is 10.5 Å². The van der Waals surface area contributed by atoms with Gasteiger partial charge >= 0.3 is 6.09 Å². The molecule has 0 saturated carbocycles. The van der Waals surface area contributed by atoms with E-state index in [2.05, 4.69) is 13.8 Å². The van der Waals surface area contributed by atoms with Crippen LogP contribution in [0.5, 0.6) is 0 Å². The maximum atomic E-state index is 11.9. The van der Waals surface area contributed by atoms with Gasteiger partial charge in [-0.2, -0.15) is 0 Å². The molecular formula is C14H21NO2. The van der Waals surface area contributed by atoms with Crippen LogP contribution in [0.3, 0.4) is 0 Å². The average molecular weight is 235 g/mol. The second kappa shape index (κ2) is 7.71. The van der Waals surface area contributed by atoms with Gasteiger partial charge in [0, 0.05) is 12.2 Å². The number of amides is 1. The molecule has 1 aromatic rings. The highest BCUT2D eigenvalue weighted by Crippen LogP contribution is 2.15. The van der Waals surface area contributed by atoms with E-state index in [1.165, 1.54) is 0 Å². The molecule has 0 radical (unpaired) electrons. The van der Waals surface area contributed by atoms with Crippen LogP contribution < -0.4 is 4.90 Å². The Kier molecular flexibility index (Phi) is 6.15. The summed E-state index contributed by atoms with van der Waals surface area (Å²) in [7, 11) is 0. The van der Waals surface area contributed by atoms with Crippen molar-refractivity contribution in [1.82, 2.24) is 0 Å². The number of para-hydroxylation sites is 1. The van der Waals surface area contributed by atoms with E-state index < -0.39 is 0 Å². The third-order valence-corrected chi connectivity index (χ3v) is 2.46. The van der Waals surface area contributed by atoms with Gasteiger partial charge in [0.05, 0.1) is 6.61 Å². The lowest BCUT2D eigenvalue weighted by Gasteiger charge is -2.21. The molecule has 1 aromatic carbocycles. The maximum Gasteiger partial charge on any atom is 0.414 e. The Morgan fingerprint density at radius 1 is 1.18 bits per heavy atom. The molecule has 0 N–H and O–H groups in total. The highest BCUT2D eigenvalue weighted by Gasteiger charge is 2.15. The van der Waals surface area contributed by atoms with Gasteiger partial charge in [-0.1, -0.05) is 38.5 Å². The molecule has 0 saturated heterocycles. The molecule has 0 fully saturated rings. The minimum atomic E-state index is -0.244. The monoisotopic (exact) mass is 235 g/mol. The van der Waals surface area contributed by atoms with Crippen LogP contribution in [-0.4, -0.2) is 19.2 Å². The molecule has 0 unspecified atom stereocenters. The van der Waals surface area contributed by atoms with E-state index in [0.717, 1.165) is 24.9 Å². The summed E-state index contributed by atoms with van der Waals surface area (Å²) in [6, 6.07) is 9.65. The Morgan fingerprint density at radius 2 is 1.88 bits per heavy atom. The summed E-state index contributed by atoms with van der Waals surface area (Å²) >= 11 is 0. The first-order valence-electron chi connectivity index (χ1n) is 6.29. The largest absolute Gasteiger partial charge is 0.449 e. The van der Waals surface area contributed by atoms with Crippen molar-refractivity contribution < 1.29 is 9.53 Å². The van der Waals surface area contributed by atoms with E-state index in [4.69, 9.17) is 4.74 Å². The minimum absolute atomic E-state index is 0.244. The van der Waals surface area contributed by atoms with Crippen LogP contribution in [0.25, 0.3) is 0 Å². The number of hydrogen-bond acceptors (Lipinski definition) is 2. The van der Waals surface area contributed by atoms with Gasteiger partial charge in [-0.15, -0.1) is 0 Å². The Balaban J connectivity index is 2.62. The highest BCUT2D eigenvalue weighted by atomic mass is 16.6. The van der Waals surface area contributed by atoms with Crippen LogP contribution in [0.2, 0.25) is 0 Å². The predicted molar refractivity (Wildman–Crippen MR) is 70.3 cm³/mol. The highest BCUT2D eigenvalue weighted by molar-refractivity contribution is 5.87. The van der Waals surface area contributed by atoms with Crippen LogP contribution in [-0.2, 0) is 4.74 Å². The standard InChI is InChI=1S/C14H21NO2/c1-3-5-12-17-14(16)15(11-4-2)13-9-7-6-8-10-13/h6-10H,3-5,11-12H2,1-2H3. The first-order chi connectivity index (χ1) is 8.29. The number of rotatable bonds is 6. The summed E-state index contributed by atoms with van der Waals surface area (Å²) in [4.78, 5) is 13.6. The Labute approximate surface area is 103 Å². The summed E-state index contributed by atoms with van der Waals surface area (Å²) in [5, 5.41) is 0. The minimum Gasteiger partial charge on any atom is -0.449 e. The van der Waals surface area contributed by atoms with Gasteiger partial charge in [0.2, 0.25) is 0 Å². The average Bonchev–Trinajstić information content (AvgIpc) is 2.37. The molecule has 3 nitrogen and oxygen atoms in total. The fourth-order valence-electron chi connectivity index (χ4n) is 1.54. The van der Waals surface area contributed by atoms with Gasteiger partial charge < -0.3 is 4.74 Å². The molecule has 0 aliphatic heterocycles. The van der Waals surface area contributed by atoms with Gasteiger partial charge in [-0.05, 0) is 25.0 Å². The fourth-order valence-corrected chi connectivity index (χ4v) is 1.54. The first-order valence-corrected chi connectivity index (χ1v) is 6.29. The van der Waals surface area contributed by atoms with Crippen molar-refractivity contribution in [3.63, 3.8) is 0 Å². The number of hydrogen-bond donors (Lipinski definition) is 0. The lowest BCUT2D eigenvalue weighted by Crippen LogP contribution is -2.32. The zero-order valence-corrected chi connectivity index (χ0v) is 10.7. The van der Waals surface area contributed by atoms with Gasteiger partial charge in [-0.25, -0.2) is 4.79 Å². The number of benzene rings is 1. The SMILES string of the molecule is CCCCOC(=O)N(CCC)c1ccccc1. The molecule has 0 aliphatic rings. The second-order valence-corrected chi connectivity index (χ2v) is 3.96. The zero-order valence-electron chi connectivity index (χ0n) is 10.7. The van der Waals surface area contributed by atoms with Crippen molar-refractivity contribution >= 4 is 11.8 Å². The second-order valence-electron chi connectivity index (χ2n) is 3.96. The summed E-state index contributed by atoms with van der Waals surface area (Å²) in [6.45, 7) is 5.32. The number of nitrogens with zero attached hydrogens (tertiary/aromatic N) is 1. The zero-order chi connectivity index (χ0) is 12.5. The van der Waals surface area contributed by atoms with Crippen molar-refractivity contribution in [2.75, 3.05) is 18.1 Å². The summed E-state index contributed by atoms with van der Waals surface area (Å²) < 4.78 is 5.24. The predicted octanol–water partition coefficient (Wildman–Crippen LogP) is 3.84. The van der Waals surface area contributed by atoms with Crippen LogP contribution in [0.15, 0.2) is 30.3 Å². The van der Waals surface area contributed by atoms with E-state index in [1.54, 1.807) is 4.90 Å². The lowest BCUT2D eigenvalue weighted by atomic mass is 10.3. The van der Waals surface area contributed by atoms with Gasteiger partial charge in [0.15, 0.2) is 0 Å². The molecule has 0 spiro atoms. The van der Waals surface area contributed by atoms with Crippen molar-refractivity contribution in [3.05, 3.63) is 30.3 Å². The Bertz CT molecular complexity index is 324. The molecule has 1 amide bonds. The molecule has 0 atom stereocenters. The number of ether oxygens (including phenoxy) is 1. The molecular weight excluding hydrogens is 214 g/mol. The molecule has 0 heterocycles. The molecule has 3 heteroatoms. The van der Waals surface area contributed by atoms with E-state index in [1.807, 2.05) is 30.3 Å². The molecule has 0 aliphatic carbocycles. The lowest BCUT2D eigenvalue weighted by molar-refractivity contribution is 0.152. The number of unbranched alkanes of at least 4 members (excludes halogenated alkanes) is 1. The molecule has 0 aromatic heterocycles.